The molecule has 0 saturated carbocycles. The minimum atomic E-state index is 0.457. The molecule has 1 aromatic heterocycles. The topological polar surface area (TPSA) is 29.9 Å². The van der Waals surface area contributed by atoms with Crippen molar-refractivity contribution in [1.29, 1.82) is 0 Å². The van der Waals surface area contributed by atoms with Crippen LogP contribution >= 0.6 is 11.8 Å². The van der Waals surface area contributed by atoms with E-state index < -0.39 is 0 Å². The van der Waals surface area contributed by atoms with Gasteiger partial charge in [0.2, 0.25) is 0 Å². The van der Waals surface area contributed by atoms with Gasteiger partial charge >= 0.3 is 0 Å². The van der Waals surface area contributed by atoms with E-state index in [1.54, 1.807) is 0 Å². The SMILES string of the molecule is CNC(Cc1nccn1C)C1Cc2ccccc2S1. The molecule has 0 radical (unpaired) electrons. The number of hydrogen-bond donors (Lipinski definition) is 1. The van der Waals surface area contributed by atoms with E-state index in [1.165, 1.54) is 10.5 Å². The Hall–Kier alpha value is -1.26. The van der Waals surface area contributed by atoms with E-state index in [9.17, 15) is 0 Å². The third kappa shape index (κ3) is 2.55. The zero-order chi connectivity index (χ0) is 13.2. The van der Waals surface area contributed by atoms with E-state index >= 15 is 0 Å². The number of nitrogens with zero attached hydrogens (tertiary/aromatic N) is 2. The van der Waals surface area contributed by atoms with E-state index in [1.807, 2.05) is 24.2 Å². The van der Waals surface area contributed by atoms with Gasteiger partial charge in [-0.25, -0.2) is 4.98 Å². The second-order valence-corrected chi connectivity index (χ2v) is 6.30. The molecule has 3 nitrogen and oxygen atoms in total. The minimum Gasteiger partial charge on any atom is -0.338 e. The maximum Gasteiger partial charge on any atom is 0.109 e. The summed E-state index contributed by atoms with van der Waals surface area (Å²) < 4.78 is 2.11. The van der Waals surface area contributed by atoms with Crippen LogP contribution in [0.25, 0.3) is 0 Å². The van der Waals surface area contributed by atoms with Crippen molar-refractivity contribution in [3.63, 3.8) is 0 Å². The lowest BCUT2D eigenvalue weighted by atomic mass is 10.0. The molecule has 1 N–H and O–H groups in total. The Balaban J connectivity index is 1.73. The number of imidazole rings is 1. The van der Waals surface area contributed by atoms with Gasteiger partial charge in [0.15, 0.2) is 0 Å². The smallest absolute Gasteiger partial charge is 0.109 e. The Morgan fingerprint density at radius 1 is 1.47 bits per heavy atom. The van der Waals surface area contributed by atoms with Gasteiger partial charge in [0.05, 0.1) is 0 Å². The van der Waals surface area contributed by atoms with E-state index in [-0.39, 0.29) is 0 Å². The molecule has 0 aliphatic carbocycles. The summed E-state index contributed by atoms with van der Waals surface area (Å²) in [6.07, 6.45) is 6.01. The van der Waals surface area contributed by atoms with Crippen molar-refractivity contribution in [2.45, 2.75) is 29.0 Å². The maximum absolute atomic E-state index is 4.44. The van der Waals surface area contributed by atoms with Crippen LogP contribution in [0.15, 0.2) is 41.6 Å². The lowest BCUT2D eigenvalue weighted by Gasteiger charge is -2.22. The van der Waals surface area contributed by atoms with Crippen LogP contribution in [0.5, 0.6) is 0 Å². The molecular weight excluding hydrogens is 254 g/mol. The van der Waals surface area contributed by atoms with Gasteiger partial charge < -0.3 is 9.88 Å². The van der Waals surface area contributed by atoms with Crippen LogP contribution in [-0.4, -0.2) is 27.9 Å². The fraction of sp³-hybridized carbons (Fsp3) is 0.400. The Labute approximate surface area is 118 Å². The molecule has 2 unspecified atom stereocenters. The summed E-state index contributed by atoms with van der Waals surface area (Å²) in [5, 5.41) is 4.07. The van der Waals surface area contributed by atoms with Crippen LogP contribution in [0.2, 0.25) is 0 Å². The first-order valence-electron chi connectivity index (χ1n) is 6.66. The van der Waals surface area contributed by atoms with Gasteiger partial charge in [-0.3, -0.25) is 0 Å². The average molecular weight is 273 g/mol. The van der Waals surface area contributed by atoms with Crippen LogP contribution in [0.1, 0.15) is 11.4 Å². The number of likely N-dealkylation sites (N-methyl/N-ethyl adjacent to an activating group) is 1. The maximum atomic E-state index is 4.44. The Bertz CT molecular complexity index is 539. The second kappa shape index (κ2) is 5.39. The minimum absolute atomic E-state index is 0.457. The summed E-state index contributed by atoms with van der Waals surface area (Å²) in [6, 6.07) is 9.19. The van der Waals surface area contributed by atoms with Crippen LogP contribution in [-0.2, 0) is 19.9 Å². The number of rotatable bonds is 4. The van der Waals surface area contributed by atoms with Gasteiger partial charge in [-0.2, -0.15) is 0 Å². The zero-order valence-electron chi connectivity index (χ0n) is 11.3. The molecule has 1 aliphatic heterocycles. The molecule has 1 aromatic carbocycles. The largest absolute Gasteiger partial charge is 0.338 e. The molecule has 0 saturated heterocycles. The van der Waals surface area contributed by atoms with Crippen LogP contribution in [0, 0.1) is 0 Å². The van der Waals surface area contributed by atoms with Gasteiger partial charge in [0, 0.05) is 42.0 Å². The monoisotopic (exact) mass is 273 g/mol. The molecular formula is C15H19N3S. The summed E-state index contributed by atoms with van der Waals surface area (Å²) in [4.78, 5) is 5.88. The van der Waals surface area contributed by atoms with Gasteiger partial charge in [-0.05, 0) is 25.1 Å². The summed E-state index contributed by atoms with van der Waals surface area (Å²) >= 11 is 2.00. The van der Waals surface area contributed by atoms with E-state index in [2.05, 4.69) is 53.2 Å². The summed E-state index contributed by atoms with van der Waals surface area (Å²) in [6.45, 7) is 0. The molecule has 4 heteroatoms. The number of thioether (sulfide) groups is 1. The highest BCUT2D eigenvalue weighted by molar-refractivity contribution is 8.00. The lowest BCUT2D eigenvalue weighted by molar-refractivity contribution is 0.518. The van der Waals surface area contributed by atoms with Gasteiger partial charge in [0.1, 0.15) is 5.82 Å². The van der Waals surface area contributed by atoms with Crippen molar-refractivity contribution in [3.8, 4) is 0 Å². The zero-order valence-corrected chi connectivity index (χ0v) is 12.2. The number of aromatic nitrogens is 2. The fourth-order valence-corrected chi connectivity index (χ4v) is 4.09. The van der Waals surface area contributed by atoms with Crippen LogP contribution in [0.4, 0.5) is 0 Å². The van der Waals surface area contributed by atoms with Gasteiger partial charge in [-0.15, -0.1) is 11.8 Å². The Morgan fingerprint density at radius 3 is 3.00 bits per heavy atom. The fourth-order valence-electron chi connectivity index (χ4n) is 2.64. The molecule has 3 rings (SSSR count). The molecule has 0 spiro atoms. The predicted molar refractivity (Wildman–Crippen MR) is 79.6 cm³/mol. The quantitative estimate of drug-likeness (QED) is 0.927. The van der Waals surface area contributed by atoms with E-state index in [4.69, 9.17) is 0 Å². The van der Waals surface area contributed by atoms with Crippen LogP contribution in [0.3, 0.4) is 0 Å². The summed E-state index contributed by atoms with van der Waals surface area (Å²) in [5.74, 6) is 1.15. The summed E-state index contributed by atoms with van der Waals surface area (Å²) in [7, 11) is 4.11. The standard InChI is InChI=1S/C15H19N3S/c1-16-12(10-15-17-7-8-18(15)2)14-9-11-5-3-4-6-13(11)19-14/h3-8,12,14,16H,9-10H2,1-2H3. The third-order valence-corrected chi connectivity index (χ3v) is 5.27. The first-order chi connectivity index (χ1) is 9.28. The normalized spacial score (nSPS) is 19.4. The third-order valence-electron chi connectivity index (χ3n) is 3.82. The van der Waals surface area contributed by atoms with Crippen molar-refractivity contribution in [2.75, 3.05) is 7.05 Å². The predicted octanol–water partition coefficient (Wildman–Crippen LogP) is 2.27. The van der Waals surface area contributed by atoms with Crippen molar-refractivity contribution in [2.24, 2.45) is 7.05 Å². The lowest BCUT2D eigenvalue weighted by Crippen LogP contribution is -2.38. The molecule has 19 heavy (non-hydrogen) atoms. The molecule has 2 aromatic rings. The highest BCUT2D eigenvalue weighted by Crippen LogP contribution is 2.38. The van der Waals surface area contributed by atoms with E-state index in [0.29, 0.717) is 11.3 Å². The van der Waals surface area contributed by atoms with Gasteiger partial charge in [-0.1, -0.05) is 18.2 Å². The Morgan fingerprint density at radius 2 is 2.32 bits per heavy atom. The number of fused-ring (bicyclic) bond motifs is 1. The number of aryl methyl sites for hydroxylation is 1. The molecule has 0 amide bonds. The summed E-state index contributed by atoms with van der Waals surface area (Å²) in [5.41, 5.74) is 1.48. The first kappa shape index (κ1) is 12.8. The van der Waals surface area contributed by atoms with Crippen molar-refractivity contribution in [3.05, 3.63) is 48.0 Å². The number of hydrogen-bond acceptors (Lipinski definition) is 3. The molecule has 1 aliphatic rings. The van der Waals surface area contributed by atoms with E-state index in [0.717, 1.165) is 18.7 Å². The molecule has 2 atom stereocenters. The van der Waals surface area contributed by atoms with Gasteiger partial charge in [0.25, 0.3) is 0 Å². The molecule has 0 fully saturated rings. The molecule has 100 valence electrons. The van der Waals surface area contributed by atoms with Crippen molar-refractivity contribution >= 4 is 11.8 Å². The second-order valence-electron chi connectivity index (χ2n) is 5.02. The highest BCUT2D eigenvalue weighted by Gasteiger charge is 2.29. The van der Waals surface area contributed by atoms with Crippen LogP contribution < -0.4 is 5.32 Å². The highest BCUT2D eigenvalue weighted by atomic mass is 32.2. The Kier molecular flexibility index (Phi) is 3.62. The number of nitrogens with one attached hydrogen (secondary N) is 1. The van der Waals surface area contributed by atoms with Crippen molar-refractivity contribution < 1.29 is 0 Å². The average Bonchev–Trinajstić information content (AvgIpc) is 3.02. The molecule has 0 bridgehead atoms. The van der Waals surface area contributed by atoms with Crippen molar-refractivity contribution in [1.82, 2.24) is 14.9 Å². The molecule has 2 heterocycles. The number of benzene rings is 1. The first-order valence-corrected chi connectivity index (χ1v) is 7.54.